The SMILES string of the molecule is CC(/C=C/C(=O)O)C[C@@H]1C[C@@H]2c3cccc4[nH]cc(c34)C[C@H]2N(C)C1. The van der Waals surface area contributed by atoms with Gasteiger partial charge in [0.2, 0.25) is 0 Å². The van der Waals surface area contributed by atoms with Gasteiger partial charge in [0.05, 0.1) is 0 Å². The highest BCUT2D eigenvalue weighted by atomic mass is 16.4. The van der Waals surface area contributed by atoms with Gasteiger partial charge in [-0.2, -0.15) is 0 Å². The van der Waals surface area contributed by atoms with E-state index in [4.69, 9.17) is 5.11 Å². The van der Waals surface area contributed by atoms with Gasteiger partial charge in [0.1, 0.15) is 0 Å². The topological polar surface area (TPSA) is 56.3 Å². The minimum absolute atomic E-state index is 0.299. The predicted octanol–water partition coefficient (Wildman–Crippen LogP) is 3.79. The molecular weight excluding hydrogens is 312 g/mol. The van der Waals surface area contributed by atoms with Crippen LogP contribution < -0.4 is 0 Å². The number of hydrogen-bond acceptors (Lipinski definition) is 2. The third-order valence-electron chi connectivity index (χ3n) is 6.08. The number of piperidine rings is 1. The first-order valence-corrected chi connectivity index (χ1v) is 9.23. The molecule has 0 saturated carbocycles. The summed E-state index contributed by atoms with van der Waals surface area (Å²) < 4.78 is 0. The molecule has 1 saturated heterocycles. The second-order valence-electron chi connectivity index (χ2n) is 7.91. The Balaban J connectivity index is 1.58. The van der Waals surface area contributed by atoms with Gasteiger partial charge < -0.3 is 15.0 Å². The second-order valence-corrected chi connectivity index (χ2v) is 7.91. The Bertz CT molecular complexity index is 822. The van der Waals surface area contributed by atoms with E-state index in [1.807, 2.05) is 6.08 Å². The standard InChI is InChI=1S/C21H26N2O2/c1-13(6-7-20(24)25)8-14-9-17-16-4-3-5-18-21(16)15(11-22-18)10-19(17)23(2)12-14/h3-7,11,13-14,17,19,22H,8-10,12H2,1-2H3,(H,24,25)/b7-6+/t13?,14-,17-,19-/m1/s1. The molecule has 1 fully saturated rings. The van der Waals surface area contributed by atoms with Crippen LogP contribution in [0.15, 0.2) is 36.5 Å². The van der Waals surface area contributed by atoms with E-state index >= 15 is 0 Å². The molecule has 1 unspecified atom stereocenters. The van der Waals surface area contributed by atoms with Gasteiger partial charge in [-0.05, 0) is 55.3 Å². The number of carboxylic acids is 1. The Morgan fingerprint density at radius 2 is 2.32 bits per heavy atom. The molecule has 0 amide bonds. The van der Waals surface area contributed by atoms with Gasteiger partial charge in [-0.15, -0.1) is 0 Å². The van der Waals surface area contributed by atoms with E-state index in [0.29, 0.717) is 23.8 Å². The van der Waals surface area contributed by atoms with Crippen molar-refractivity contribution in [3.05, 3.63) is 47.7 Å². The van der Waals surface area contributed by atoms with Crippen molar-refractivity contribution >= 4 is 16.9 Å². The van der Waals surface area contributed by atoms with Crippen LogP contribution in [0.2, 0.25) is 0 Å². The summed E-state index contributed by atoms with van der Waals surface area (Å²) in [5.41, 5.74) is 4.21. The van der Waals surface area contributed by atoms with E-state index < -0.39 is 5.97 Å². The van der Waals surface area contributed by atoms with Crippen LogP contribution in [0.4, 0.5) is 0 Å². The summed E-state index contributed by atoms with van der Waals surface area (Å²) in [6.07, 6.45) is 8.67. The largest absolute Gasteiger partial charge is 0.478 e. The van der Waals surface area contributed by atoms with E-state index in [9.17, 15) is 4.79 Å². The Kier molecular flexibility index (Phi) is 4.16. The molecule has 0 radical (unpaired) electrons. The number of fused-ring (bicyclic) bond motifs is 2. The molecule has 4 rings (SSSR count). The van der Waals surface area contributed by atoms with Gasteiger partial charge in [0, 0.05) is 41.7 Å². The van der Waals surface area contributed by atoms with Crippen LogP contribution in [-0.2, 0) is 11.2 Å². The molecule has 1 aromatic heterocycles. The summed E-state index contributed by atoms with van der Waals surface area (Å²) in [6.45, 7) is 3.22. The smallest absolute Gasteiger partial charge is 0.327 e. The molecular formula is C21H26N2O2. The fourth-order valence-corrected chi connectivity index (χ4v) is 5.08. The molecule has 2 aromatic rings. The number of nitrogens with zero attached hydrogens (tertiary/aromatic N) is 1. The lowest BCUT2D eigenvalue weighted by molar-refractivity contribution is -0.131. The van der Waals surface area contributed by atoms with Gasteiger partial charge in [-0.1, -0.05) is 25.1 Å². The van der Waals surface area contributed by atoms with Crippen molar-refractivity contribution in [3.8, 4) is 0 Å². The van der Waals surface area contributed by atoms with Gasteiger partial charge in [0.15, 0.2) is 0 Å². The number of carboxylic acid groups (broad SMARTS) is 1. The minimum atomic E-state index is -0.855. The van der Waals surface area contributed by atoms with Crippen molar-refractivity contribution in [2.24, 2.45) is 11.8 Å². The lowest BCUT2D eigenvalue weighted by atomic mass is 9.71. The average molecular weight is 338 g/mol. The van der Waals surface area contributed by atoms with Crippen molar-refractivity contribution in [1.82, 2.24) is 9.88 Å². The molecule has 25 heavy (non-hydrogen) atoms. The Hall–Kier alpha value is -2.07. The molecule has 0 bridgehead atoms. The molecule has 4 nitrogen and oxygen atoms in total. The Labute approximate surface area is 148 Å². The van der Waals surface area contributed by atoms with Crippen LogP contribution in [0, 0.1) is 11.8 Å². The van der Waals surface area contributed by atoms with Gasteiger partial charge in [0.25, 0.3) is 0 Å². The maximum Gasteiger partial charge on any atom is 0.327 e. The highest BCUT2D eigenvalue weighted by Gasteiger charge is 2.39. The van der Waals surface area contributed by atoms with Crippen molar-refractivity contribution in [1.29, 1.82) is 0 Å². The van der Waals surface area contributed by atoms with E-state index in [1.54, 1.807) is 0 Å². The fraction of sp³-hybridized carbons (Fsp3) is 0.476. The monoisotopic (exact) mass is 338 g/mol. The zero-order valence-electron chi connectivity index (χ0n) is 14.9. The Morgan fingerprint density at radius 1 is 1.48 bits per heavy atom. The number of aromatic amines is 1. The first kappa shape index (κ1) is 16.4. The summed E-state index contributed by atoms with van der Waals surface area (Å²) in [6, 6.07) is 7.23. The fourth-order valence-electron chi connectivity index (χ4n) is 5.08. The first-order valence-electron chi connectivity index (χ1n) is 9.23. The lowest BCUT2D eigenvalue weighted by Gasteiger charge is -2.46. The van der Waals surface area contributed by atoms with E-state index in [1.165, 1.54) is 34.5 Å². The highest BCUT2D eigenvalue weighted by molar-refractivity contribution is 5.88. The van der Waals surface area contributed by atoms with Gasteiger partial charge in [-0.3, -0.25) is 0 Å². The molecule has 2 N–H and O–H groups in total. The predicted molar refractivity (Wildman–Crippen MR) is 99.8 cm³/mol. The number of aliphatic carboxylic acids is 1. The summed E-state index contributed by atoms with van der Waals surface area (Å²) in [4.78, 5) is 16.7. The third-order valence-corrected chi connectivity index (χ3v) is 6.08. The van der Waals surface area contributed by atoms with Crippen molar-refractivity contribution in [2.75, 3.05) is 13.6 Å². The molecule has 1 aliphatic heterocycles. The maximum absolute atomic E-state index is 10.7. The van der Waals surface area contributed by atoms with Crippen LogP contribution in [0.5, 0.6) is 0 Å². The number of carbonyl (C=O) groups is 1. The highest BCUT2D eigenvalue weighted by Crippen LogP contribution is 2.45. The Morgan fingerprint density at radius 3 is 3.12 bits per heavy atom. The van der Waals surface area contributed by atoms with Crippen LogP contribution in [-0.4, -0.2) is 40.6 Å². The number of H-pyrrole nitrogens is 1. The summed E-state index contributed by atoms with van der Waals surface area (Å²) in [5.74, 6) is 0.627. The van der Waals surface area contributed by atoms with Crippen LogP contribution in [0.3, 0.4) is 0 Å². The lowest BCUT2D eigenvalue weighted by Crippen LogP contribution is -2.48. The molecule has 4 atom stereocenters. The average Bonchev–Trinajstić information content (AvgIpc) is 2.99. The quantitative estimate of drug-likeness (QED) is 0.834. The molecule has 132 valence electrons. The molecule has 1 aliphatic carbocycles. The number of aromatic nitrogens is 1. The molecule has 2 heterocycles. The van der Waals surface area contributed by atoms with Gasteiger partial charge >= 0.3 is 5.97 Å². The number of allylic oxidation sites excluding steroid dienone is 1. The number of benzene rings is 1. The zero-order valence-corrected chi connectivity index (χ0v) is 14.9. The molecule has 2 aliphatic rings. The van der Waals surface area contributed by atoms with E-state index in [2.05, 4.69) is 48.3 Å². The number of likely N-dealkylation sites (tertiary alicyclic amines) is 1. The zero-order chi connectivity index (χ0) is 17.6. The maximum atomic E-state index is 10.7. The van der Waals surface area contributed by atoms with Gasteiger partial charge in [-0.25, -0.2) is 4.79 Å². The minimum Gasteiger partial charge on any atom is -0.478 e. The van der Waals surface area contributed by atoms with Crippen molar-refractivity contribution < 1.29 is 9.90 Å². The summed E-state index contributed by atoms with van der Waals surface area (Å²) in [5, 5.41) is 10.3. The van der Waals surface area contributed by atoms with Crippen LogP contribution in [0.1, 0.15) is 36.8 Å². The number of nitrogens with one attached hydrogen (secondary N) is 1. The van der Waals surface area contributed by atoms with Crippen molar-refractivity contribution in [3.63, 3.8) is 0 Å². The summed E-state index contributed by atoms with van der Waals surface area (Å²) >= 11 is 0. The molecule has 0 spiro atoms. The van der Waals surface area contributed by atoms with Crippen LogP contribution >= 0.6 is 0 Å². The van der Waals surface area contributed by atoms with E-state index in [0.717, 1.165) is 19.4 Å². The number of likely N-dealkylation sites (N-methyl/N-ethyl adjacent to an activating group) is 1. The normalized spacial score (nSPS) is 27.5. The van der Waals surface area contributed by atoms with Crippen molar-refractivity contribution in [2.45, 2.75) is 38.1 Å². The number of hydrogen-bond donors (Lipinski definition) is 2. The third kappa shape index (κ3) is 2.99. The van der Waals surface area contributed by atoms with Crippen LogP contribution in [0.25, 0.3) is 10.9 Å². The molecule has 4 heteroatoms. The first-order chi connectivity index (χ1) is 12.0. The molecule has 1 aromatic carbocycles. The second kappa shape index (κ2) is 6.34. The summed E-state index contributed by atoms with van der Waals surface area (Å²) in [7, 11) is 2.25. The number of rotatable bonds is 4. The van der Waals surface area contributed by atoms with E-state index in [-0.39, 0.29) is 0 Å².